The van der Waals surface area contributed by atoms with Crippen molar-refractivity contribution in [2.45, 2.75) is 6.43 Å². The summed E-state index contributed by atoms with van der Waals surface area (Å²) in [6.45, 7) is -0.806. The van der Waals surface area contributed by atoms with Crippen molar-refractivity contribution in [2.75, 3.05) is 13.7 Å². The molecule has 1 N–H and O–H groups in total. The molecule has 6 heteroatoms. The molecule has 0 saturated carbocycles. The number of halogens is 2. The number of aromatic carboxylic acids is 1. The van der Waals surface area contributed by atoms with Crippen LogP contribution in [0.5, 0.6) is 11.5 Å². The molecule has 0 radical (unpaired) electrons. The van der Waals surface area contributed by atoms with E-state index in [4.69, 9.17) is 14.6 Å². The van der Waals surface area contributed by atoms with Crippen LogP contribution in [-0.2, 0) is 0 Å². The second kappa shape index (κ2) is 5.29. The molecule has 0 unspecified atom stereocenters. The van der Waals surface area contributed by atoms with Crippen molar-refractivity contribution in [3.63, 3.8) is 0 Å². The lowest BCUT2D eigenvalue weighted by atomic mass is 10.2. The monoisotopic (exact) mass is 232 g/mol. The van der Waals surface area contributed by atoms with Crippen molar-refractivity contribution < 1.29 is 28.2 Å². The smallest absolute Gasteiger partial charge is 0.335 e. The highest BCUT2D eigenvalue weighted by atomic mass is 19.3. The Morgan fingerprint density at radius 2 is 2.12 bits per heavy atom. The molecular weight excluding hydrogens is 222 g/mol. The molecule has 0 heterocycles. The van der Waals surface area contributed by atoms with Gasteiger partial charge in [0.05, 0.1) is 12.7 Å². The van der Waals surface area contributed by atoms with Gasteiger partial charge >= 0.3 is 5.97 Å². The van der Waals surface area contributed by atoms with Crippen molar-refractivity contribution in [1.82, 2.24) is 0 Å². The van der Waals surface area contributed by atoms with Crippen LogP contribution in [0.15, 0.2) is 18.2 Å². The van der Waals surface area contributed by atoms with Gasteiger partial charge in [-0.05, 0) is 18.2 Å². The predicted octanol–water partition coefficient (Wildman–Crippen LogP) is 2.04. The largest absolute Gasteiger partial charge is 0.493 e. The minimum Gasteiger partial charge on any atom is -0.493 e. The lowest BCUT2D eigenvalue weighted by molar-refractivity contribution is 0.0694. The van der Waals surface area contributed by atoms with Gasteiger partial charge in [0.2, 0.25) is 0 Å². The molecule has 1 rings (SSSR count). The quantitative estimate of drug-likeness (QED) is 0.843. The number of carbonyl (C=O) groups is 1. The Kier molecular flexibility index (Phi) is 4.04. The van der Waals surface area contributed by atoms with Gasteiger partial charge in [-0.3, -0.25) is 0 Å². The van der Waals surface area contributed by atoms with E-state index >= 15 is 0 Å². The van der Waals surface area contributed by atoms with Crippen LogP contribution in [0.3, 0.4) is 0 Å². The van der Waals surface area contributed by atoms with E-state index in [0.29, 0.717) is 0 Å². The third kappa shape index (κ3) is 3.08. The first kappa shape index (κ1) is 12.2. The van der Waals surface area contributed by atoms with Crippen molar-refractivity contribution in [1.29, 1.82) is 0 Å². The first-order chi connectivity index (χ1) is 7.54. The van der Waals surface area contributed by atoms with Crippen LogP contribution in [0.4, 0.5) is 8.78 Å². The average molecular weight is 232 g/mol. The molecule has 0 spiro atoms. The molecule has 0 aromatic heterocycles. The van der Waals surface area contributed by atoms with E-state index in [0.717, 1.165) is 6.07 Å². The van der Waals surface area contributed by atoms with Gasteiger partial charge in [0.25, 0.3) is 6.43 Å². The molecule has 0 fully saturated rings. The third-order valence-electron chi connectivity index (χ3n) is 1.78. The molecule has 88 valence electrons. The van der Waals surface area contributed by atoms with Gasteiger partial charge < -0.3 is 14.6 Å². The number of hydrogen-bond acceptors (Lipinski definition) is 3. The highest BCUT2D eigenvalue weighted by Gasteiger charge is 2.12. The Morgan fingerprint density at radius 3 is 2.62 bits per heavy atom. The van der Waals surface area contributed by atoms with E-state index in [1.165, 1.54) is 19.2 Å². The number of hydrogen-bond donors (Lipinski definition) is 1. The second-order valence-corrected chi connectivity index (χ2v) is 2.87. The van der Waals surface area contributed by atoms with Gasteiger partial charge in [-0.25, -0.2) is 13.6 Å². The summed E-state index contributed by atoms with van der Waals surface area (Å²) in [4.78, 5) is 10.6. The average Bonchev–Trinajstić information content (AvgIpc) is 2.25. The molecule has 16 heavy (non-hydrogen) atoms. The maximum atomic E-state index is 11.9. The molecule has 0 aliphatic heterocycles. The van der Waals surface area contributed by atoms with Gasteiger partial charge in [0.1, 0.15) is 6.61 Å². The molecule has 0 amide bonds. The van der Waals surface area contributed by atoms with Crippen molar-refractivity contribution in [2.24, 2.45) is 0 Å². The zero-order valence-electron chi connectivity index (χ0n) is 8.44. The van der Waals surface area contributed by atoms with Gasteiger partial charge in [-0.1, -0.05) is 0 Å². The summed E-state index contributed by atoms with van der Waals surface area (Å²) < 4.78 is 33.5. The van der Waals surface area contributed by atoms with Gasteiger partial charge in [-0.15, -0.1) is 0 Å². The summed E-state index contributed by atoms with van der Waals surface area (Å²) in [7, 11) is 1.34. The van der Waals surface area contributed by atoms with E-state index < -0.39 is 19.0 Å². The van der Waals surface area contributed by atoms with Gasteiger partial charge in [0, 0.05) is 0 Å². The lowest BCUT2D eigenvalue weighted by Gasteiger charge is -2.10. The maximum absolute atomic E-state index is 11.9. The SMILES string of the molecule is COc1ccc(C(=O)O)cc1OCC(F)F. The molecule has 1 aromatic carbocycles. The summed E-state index contributed by atoms with van der Waals surface area (Å²) in [5, 5.41) is 8.71. The van der Waals surface area contributed by atoms with E-state index in [-0.39, 0.29) is 17.1 Å². The minimum atomic E-state index is -2.63. The first-order valence-corrected chi connectivity index (χ1v) is 4.37. The predicted molar refractivity (Wildman–Crippen MR) is 51.5 cm³/mol. The summed E-state index contributed by atoms with van der Waals surface area (Å²) in [5.41, 5.74) is -0.0509. The fraction of sp³-hybridized carbons (Fsp3) is 0.300. The van der Waals surface area contributed by atoms with E-state index in [9.17, 15) is 13.6 Å². The minimum absolute atomic E-state index is 0.0114. The Balaban J connectivity index is 2.93. The van der Waals surface area contributed by atoms with Crippen LogP contribution in [0.25, 0.3) is 0 Å². The molecule has 0 aliphatic carbocycles. The van der Waals surface area contributed by atoms with Crippen LogP contribution >= 0.6 is 0 Å². The number of rotatable bonds is 5. The number of carboxylic acids is 1. The Labute approximate surface area is 90.4 Å². The van der Waals surface area contributed by atoms with Crippen LogP contribution in [-0.4, -0.2) is 31.2 Å². The lowest BCUT2D eigenvalue weighted by Crippen LogP contribution is -2.08. The first-order valence-electron chi connectivity index (χ1n) is 4.37. The molecular formula is C10H10F2O4. The van der Waals surface area contributed by atoms with Crippen molar-refractivity contribution in [3.8, 4) is 11.5 Å². The Morgan fingerprint density at radius 1 is 1.44 bits per heavy atom. The number of benzene rings is 1. The van der Waals surface area contributed by atoms with Crippen LogP contribution in [0.2, 0.25) is 0 Å². The molecule has 0 bridgehead atoms. The normalized spacial score (nSPS) is 10.2. The number of methoxy groups -OCH3 is 1. The highest BCUT2D eigenvalue weighted by molar-refractivity contribution is 5.88. The van der Waals surface area contributed by atoms with E-state index in [1.807, 2.05) is 0 Å². The van der Waals surface area contributed by atoms with Crippen LogP contribution < -0.4 is 9.47 Å². The highest BCUT2D eigenvalue weighted by Crippen LogP contribution is 2.28. The van der Waals surface area contributed by atoms with Gasteiger partial charge in [-0.2, -0.15) is 0 Å². The Hall–Kier alpha value is -1.85. The number of ether oxygens (including phenoxy) is 2. The van der Waals surface area contributed by atoms with Gasteiger partial charge in [0.15, 0.2) is 11.5 Å². The fourth-order valence-electron chi connectivity index (χ4n) is 1.08. The van der Waals surface area contributed by atoms with E-state index in [1.54, 1.807) is 0 Å². The number of carboxylic acid groups (broad SMARTS) is 1. The molecule has 0 saturated heterocycles. The molecule has 0 atom stereocenters. The third-order valence-corrected chi connectivity index (χ3v) is 1.78. The zero-order valence-corrected chi connectivity index (χ0v) is 8.44. The second-order valence-electron chi connectivity index (χ2n) is 2.87. The topological polar surface area (TPSA) is 55.8 Å². The number of alkyl halides is 2. The van der Waals surface area contributed by atoms with E-state index in [2.05, 4.69) is 0 Å². The summed E-state index contributed by atoms with van der Waals surface area (Å²) >= 11 is 0. The summed E-state index contributed by atoms with van der Waals surface area (Å²) in [6, 6.07) is 3.80. The van der Waals surface area contributed by atoms with Crippen LogP contribution in [0.1, 0.15) is 10.4 Å². The summed E-state index contributed by atoms with van der Waals surface area (Å²) in [6.07, 6.45) is -2.63. The molecule has 1 aromatic rings. The molecule has 4 nitrogen and oxygen atoms in total. The molecule has 0 aliphatic rings. The maximum Gasteiger partial charge on any atom is 0.335 e. The Bertz CT molecular complexity index is 379. The van der Waals surface area contributed by atoms with Crippen molar-refractivity contribution in [3.05, 3.63) is 23.8 Å². The van der Waals surface area contributed by atoms with Crippen molar-refractivity contribution >= 4 is 5.97 Å². The zero-order chi connectivity index (χ0) is 12.1. The standard InChI is InChI=1S/C10H10F2O4/c1-15-7-3-2-6(10(13)14)4-8(7)16-5-9(11)12/h2-4,9H,5H2,1H3,(H,13,14). The summed E-state index contributed by atoms with van der Waals surface area (Å²) in [5.74, 6) is -0.960. The van der Waals surface area contributed by atoms with Crippen LogP contribution in [0, 0.1) is 0 Å². The fourth-order valence-corrected chi connectivity index (χ4v) is 1.08.